The average Bonchev–Trinajstić information content (AvgIpc) is 3.12. The van der Waals surface area contributed by atoms with E-state index in [0.717, 1.165) is 28.3 Å². The van der Waals surface area contributed by atoms with E-state index in [0.29, 0.717) is 12.2 Å². The molecule has 110 valence electrons. The van der Waals surface area contributed by atoms with Gasteiger partial charge in [-0.15, -0.1) is 0 Å². The van der Waals surface area contributed by atoms with Crippen molar-refractivity contribution in [2.45, 2.75) is 13.5 Å². The molecular weight excluding hydrogens is 282 g/mol. The fourth-order valence-corrected chi connectivity index (χ4v) is 2.76. The molecule has 0 unspecified atom stereocenters. The number of fused-ring (bicyclic) bond motifs is 5. The molecule has 0 saturated carbocycles. The zero-order chi connectivity index (χ0) is 15.3. The molecule has 0 saturated heterocycles. The molecule has 2 aromatic heterocycles. The van der Waals surface area contributed by atoms with Crippen LogP contribution in [0.2, 0.25) is 0 Å². The number of imidazole rings is 1. The SMILES string of the molecule is Cc1ccc2c(c1)-c1ncnn1Cc1c(C(N)=NO)ncn1-2. The van der Waals surface area contributed by atoms with Gasteiger partial charge in [-0.3, -0.25) is 4.57 Å². The Bertz CT molecular complexity index is 906. The van der Waals surface area contributed by atoms with Crippen molar-refractivity contribution in [3.8, 4) is 17.1 Å². The van der Waals surface area contributed by atoms with Crippen LogP contribution in [0, 0.1) is 6.92 Å². The molecular formula is C14H13N7O. The second-order valence-electron chi connectivity index (χ2n) is 5.16. The van der Waals surface area contributed by atoms with Crippen molar-refractivity contribution >= 4 is 5.84 Å². The van der Waals surface area contributed by atoms with Gasteiger partial charge in [-0.25, -0.2) is 14.6 Å². The third-order valence-electron chi connectivity index (χ3n) is 3.78. The lowest BCUT2D eigenvalue weighted by molar-refractivity contribution is 0.318. The fourth-order valence-electron chi connectivity index (χ4n) is 2.76. The second kappa shape index (κ2) is 4.42. The number of aryl methyl sites for hydroxylation is 1. The monoisotopic (exact) mass is 295 g/mol. The molecule has 3 aromatic rings. The predicted octanol–water partition coefficient (Wildman–Crippen LogP) is 0.895. The summed E-state index contributed by atoms with van der Waals surface area (Å²) in [5.74, 6) is 0.763. The van der Waals surface area contributed by atoms with Crippen molar-refractivity contribution in [2.75, 3.05) is 0 Å². The van der Waals surface area contributed by atoms with E-state index in [2.05, 4.69) is 26.3 Å². The molecule has 0 bridgehead atoms. The van der Waals surface area contributed by atoms with E-state index in [-0.39, 0.29) is 5.84 Å². The Balaban J connectivity index is 2.06. The molecule has 8 heteroatoms. The molecule has 4 rings (SSSR count). The summed E-state index contributed by atoms with van der Waals surface area (Å²) >= 11 is 0. The Morgan fingerprint density at radius 1 is 1.36 bits per heavy atom. The molecule has 0 fully saturated rings. The molecule has 0 radical (unpaired) electrons. The summed E-state index contributed by atoms with van der Waals surface area (Å²) in [4.78, 5) is 8.64. The summed E-state index contributed by atoms with van der Waals surface area (Å²) < 4.78 is 3.71. The quantitative estimate of drug-likeness (QED) is 0.235. The van der Waals surface area contributed by atoms with E-state index in [9.17, 15) is 0 Å². The minimum absolute atomic E-state index is 0.0222. The zero-order valence-electron chi connectivity index (χ0n) is 11.8. The molecule has 0 spiro atoms. The van der Waals surface area contributed by atoms with E-state index in [1.54, 1.807) is 11.0 Å². The van der Waals surface area contributed by atoms with Crippen LogP contribution in [0.15, 0.2) is 36.0 Å². The van der Waals surface area contributed by atoms with E-state index < -0.39 is 0 Å². The summed E-state index contributed by atoms with van der Waals surface area (Å²) in [5.41, 5.74) is 10.0. The molecule has 3 heterocycles. The molecule has 1 aliphatic rings. The molecule has 1 aromatic carbocycles. The maximum absolute atomic E-state index is 8.94. The predicted molar refractivity (Wildman–Crippen MR) is 78.9 cm³/mol. The Morgan fingerprint density at radius 3 is 3.05 bits per heavy atom. The molecule has 0 atom stereocenters. The van der Waals surface area contributed by atoms with Gasteiger partial charge in [0.05, 0.1) is 17.9 Å². The Morgan fingerprint density at radius 2 is 2.23 bits per heavy atom. The van der Waals surface area contributed by atoms with Crippen LogP contribution < -0.4 is 5.73 Å². The first-order valence-electron chi connectivity index (χ1n) is 6.72. The van der Waals surface area contributed by atoms with Crippen molar-refractivity contribution < 1.29 is 5.21 Å². The van der Waals surface area contributed by atoms with Gasteiger partial charge in [0.2, 0.25) is 0 Å². The van der Waals surface area contributed by atoms with Gasteiger partial charge in [-0.1, -0.05) is 16.8 Å². The number of hydrogen-bond donors (Lipinski definition) is 2. The highest BCUT2D eigenvalue weighted by Crippen LogP contribution is 2.31. The molecule has 1 aliphatic heterocycles. The fraction of sp³-hybridized carbons (Fsp3) is 0.143. The van der Waals surface area contributed by atoms with Gasteiger partial charge < -0.3 is 10.9 Å². The molecule has 0 amide bonds. The second-order valence-corrected chi connectivity index (χ2v) is 5.16. The van der Waals surface area contributed by atoms with Crippen LogP contribution in [0.1, 0.15) is 17.0 Å². The highest BCUT2D eigenvalue weighted by molar-refractivity contribution is 5.96. The van der Waals surface area contributed by atoms with Crippen molar-refractivity contribution in [2.24, 2.45) is 10.9 Å². The molecule has 8 nitrogen and oxygen atoms in total. The maximum atomic E-state index is 8.94. The molecule has 0 aliphatic carbocycles. The summed E-state index contributed by atoms with van der Waals surface area (Å²) in [6.45, 7) is 2.47. The van der Waals surface area contributed by atoms with Crippen LogP contribution >= 0.6 is 0 Å². The summed E-state index contributed by atoms with van der Waals surface area (Å²) in [6.07, 6.45) is 3.19. The Hall–Kier alpha value is -3.16. The van der Waals surface area contributed by atoms with E-state index in [1.807, 2.05) is 23.6 Å². The van der Waals surface area contributed by atoms with Crippen LogP contribution in [0.5, 0.6) is 0 Å². The van der Waals surface area contributed by atoms with Gasteiger partial charge in [0.1, 0.15) is 18.3 Å². The number of oxime groups is 1. The van der Waals surface area contributed by atoms with Gasteiger partial charge >= 0.3 is 0 Å². The highest BCUT2D eigenvalue weighted by Gasteiger charge is 2.24. The minimum atomic E-state index is -0.0222. The lowest BCUT2D eigenvalue weighted by Gasteiger charge is -2.09. The van der Waals surface area contributed by atoms with Crippen molar-refractivity contribution in [3.05, 3.63) is 47.8 Å². The van der Waals surface area contributed by atoms with E-state index in [1.165, 1.54) is 6.33 Å². The largest absolute Gasteiger partial charge is 0.409 e. The number of rotatable bonds is 1. The van der Waals surface area contributed by atoms with Gasteiger partial charge in [0, 0.05) is 5.56 Å². The van der Waals surface area contributed by atoms with E-state index >= 15 is 0 Å². The van der Waals surface area contributed by atoms with Crippen molar-refractivity contribution in [3.63, 3.8) is 0 Å². The normalized spacial score (nSPS) is 13.2. The van der Waals surface area contributed by atoms with Crippen LogP contribution in [0.4, 0.5) is 0 Å². The smallest absolute Gasteiger partial charge is 0.190 e. The lowest BCUT2D eigenvalue weighted by Crippen LogP contribution is -2.18. The topological polar surface area (TPSA) is 107 Å². The van der Waals surface area contributed by atoms with Gasteiger partial charge in [-0.2, -0.15) is 5.10 Å². The Labute approximate surface area is 125 Å². The van der Waals surface area contributed by atoms with Crippen molar-refractivity contribution in [1.82, 2.24) is 24.3 Å². The summed E-state index contributed by atoms with van der Waals surface area (Å²) in [5, 5.41) is 16.3. The first kappa shape index (κ1) is 12.6. The molecule has 3 N–H and O–H groups in total. The van der Waals surface area contributed by atoms with Crippen LogP contribution in [0.25, 0.3) is 17.1 Å². The highest BCUT2D eigenvalue weighted by atomic mass is 16.4. The Kier molecular flexibility index (Phi) is 2.52. The summed E-state index contributed by atoms with van der Waals surface area (Å²) in [6, 6.07) is 6.10. The van der Waals surface area contributed by atoms with Crippen molar-refractivity contribution in [1.29, 1.82) is 0 Å². The van der Waals surface area contributed by atoms with Gasteiger partial charge in [0.25, 0.3) is 0 Å². The van der Waals surface area contributed by atoms with Gasteiger partial charge in [0.15, 0.2) is 11.7 Å². The van der Waals surface area contributed by atoms with Crippen LogP contribution in [-0.2, 0) is 6.54 Å². The first-order chi connectivity index (χ1) is 10.7. The zero-order valence-corrected chi connectivity index (χ0v) is 11.8. The van der Waals surface area contributed by atoms with E-state index in [4.69, 9.17) is 10.9 Å². The first-order valence-corrected chi connectivity index (χ1v) is 6.72. The number of aromatic nitrogens is 5. The molecule has 22 heavy (non-hydrogen) atoms. The number of benzene rings is 1. The number of hydrogen-bond acceptors (Lipinski definition) is 5. The minimum Gasteiger partial charge on any atom is -0.409 e. The summed E-state index contributed by atoms with van der Waals surface area (Å²) in [7, 11) is 0. The standard InChI is InChI=1S/C14H13N7O/c1-8-2-3-10-9(4-8)14-16-6-18-21(14)5-11-12(13(15)19-22)17-7-20(10)11/h2-4,6-7,22H,5H2,1H3,(H2,15,19). The third kappa shape index (κ3) is 1.63. The third-order valence-corrected chi connectivity index (χ3v) is 3.78. The van der Waals surface area contributed by atoms with Crippen LogP contribution in [0.3, 0.4) is 0 Å². The number of nitrogens with two attached hydrogens (primary N) is 1. The number of amidine groups is 1. The van der Waals surface area contributed by atoms with Crippen LogP contribution in [-0.4, -0.2) is 35.4 Å². The maximum Gasteiger partial charge on any atom is 0.190 e. The lowest BCUT2D eigenvalue weighted by atomic mass is 10.1. The average molecular weight is 295 g/mol. The van der Waals surface area contributed by atoms with Gasteiger partial charge in [-0.05, 0) is 19.1 Å². The number of nitrogens with zero attached hydrogens (tertiary/aromatic N) is 6.